The molecule has 0 fully saturated rings. The van der Waals surface area contributed by atoms with Gasteiger partial charge in [0.25, 0.3) is 0 Å². The Labute approximate surface area is 150 Å². The smallest absolute Gasteiger partial charge is 0.212 e. The van der Waals surface area contributed by atoms with E-state index in [0.29, 0.717) is 0 Å². The van der Waals surface area contributed by atoms with Gasteiger partial charge in [0.15, 0.2) is 6.20 Å². The minimum atomic E-state index is -0.0196. The molecule has 0 saturated carbocycles. The number of hydrogen-bond acceptors (Lipinski definition) is 1. The number of aryl methyl sites for hydroxylation is 2. The first kappa shape index (κ1) is 15.9. The number of aromatic nitrogens is 1. The van der Waals surface area contributed by atoms with Gasteiger partial charge in [0.05, 0.1) is 0 Å². The molecule has 0 N–H and O–H groups in total. The summed E-state index contributed by atoms with van der Waals surface area (Å²) in [6.07, 6.45) is 2.11. The van der Waals surface area contributed by atoms with Crippen molar-refractivity contribution >= 4 is 11.4 Å². The minimum Gasteiger partial charge on any atom is -0.344 e. The Hall–Kier alpha value is -2.61. The average Bonchev–Trinajstić information content (AvgIpc) is 2.60. The first-order valence-corrected chi connectivity index (χ1v) is 8.84. The van der Waals surface area contributed by atoms with Crippen LogP contribution in [0.15, 0.2) is 60.8 Å². The molecule has 126 valence electrons. The van der Waals surface area contributed by atoms with E-state index < -0.39 is 0 Å². The molecule has 1 aliphatic heterocycles. The zero-order valence-corrected chi connectivity index (χ0v) is 15.7. The molecule has 0 unspecified atom stereocenters. The maximum Gasteiger partial charge on any atom is 0.212 e. The third-order valence-electron chi connectivity index (χ3n) is 5.65. The lowest BCUT2D eigenvalue weighted by Gasteiger charge is -2.40. The third-order valence-corrected chi connectivity index (χ3v) is 5.65. The van der Waals surface area contributed by atoms with Crippen LogP contribution in [0.3, 0.4) is 0 Å². The first-order valence-electron chi connectivity index (χ1n) is 8.84. The topological polar surface area (TPSA) is 7.12 Å². The van der Waals surface area contributed by atoms with E-state index in [1.54, 1.807) is 0 Å². The van der Waals surface area contributed by atoms with Gasteiger partial charge in [0.1, 0.15) is 7.05 Å². The van der Waals surface area contributed by atoms with E-state index in [4.69, 9.17) is 0 Å². The van der Waals surface area contributed by atoms with Gasteiger partial charge in [-0.2, -0.15) is 0 Å². The van der Waals surface area contributed by atoms with Crippen LogP contribution in [-0.4, -0.2) is 7.05 Å². The Morgan fingerprint density at radius 3 is 2.36 bits per heavy atom. The fraction of sp³-hybridized carbons (Fsp3) is 0.261. The van der Waals surface area contributed by atoms with Crippen molar-refractivity contribution in [3.63, 3.8) is 0 Å². The van der Waals surface area contributed by atoms with Crippen molar-refractivity contribution in [2.45, 2.75) is 26.2 Å². The van der Waals surface area contributed by atoms with Crippen LogP contribution in [0, 0.1) is 6.92 Å². The Morgan fingerprint density at radius 1 is 0.880 bits per heavy atom. The summed E-state index contributed by atoms with van der Waals surface area (Å²) >= 11 is 0. The van der Waals surface area contributed by atoms with Gasteiger partial charge in [-0.1, -0.05) is 32.0 Å². The highest BCUT2D eigenvalue weighted by atomic mass is 15.1. The van der Waals surface area contributed by atoms with E-state index in [2.05, 4.69) is 105 Å². The van der Waals surface area contributed by atoms with Gasteiger partial charge in [0, 0.05) is 41.5 Å². The van der Waals surface area contributed by atoms with Gasteiger partial charge in [-0.3, -0.25) is 0 Å². The predicted octanol–water partition coefficient (Wildman–Crippen LogP) is 4.89. The molecule has 1 aromatic heterocycles. The quantitative estimate of drug-likeness (QED) is 0.576. The van der Waals surface area contributed by atoms with Crippen LogP contribution in [0.1, 0.15) is 30.5 Å². The predicted molar refractivity (Wildman–Crippen MR) is 104 cm³/mol. The van der Waals surface area contributed by atoms with Crippen LogP contribution in [0.2, 0.25) is 0 Å². The zero-order valence-electron chi connectivity index (χ0n) is 15.7. The van der Waals surface area contributed by atoms with E-state index in [0.717, 1.165) is 0 Å². The lowest BCUT2D eigenvalue weighted by atomic mass is 9.73. The van der Waals surface area contributed by atoms with Crippen LogP contribution in [0.5, 0.6) is 0 Å². The first-order chi connectivity index (χ1) is 11.9. The number of pyridine rings is 1. The van der Waals surface area contributed by atoms with E-state index >= 15 is 0 Å². The third kappa shape index (κ3) is 2.28. The summed E-state index contributed by atoms with van der Waals surface area (Å²) in [6, 6.07) is 19.9. The maximum atomic E-state index is 2.40. The van der Waals surface area contributed by atoms with E-state index in [1.165, 1.54) is 39.3 Å². The number of benzene rings is 2. The molecule has 0 spiro atoms. The van der Waals surface area contributed by atoms with Crippen molar-refractivity contribution in [3.05, 3.63) is 77.5 Å². The van der Waals surface area contributed by atoms with Crippen molar-refractivity contribution < 1.29 is 4.57 Å². The normalized spacial score (nSPS) is 14.8. The summed E-state index contributed by atoms with van der Waals surface area (Å²) in [4.78, 5) is 2.33. The summed E-state index contributed by atoms with van der Waals surface area (Å²) in [5.41, 5.74) is 9.23. The second-order valence-corrected chi connectivity index (χ2v) is 7.58. The molecule has 0 atom stereocenters. The van der Waals surface area contributed by atoms with Crippen molar-refractivity contribution in [1.82, 2.24) is 0 Å². The van der Waals surface area contributed by atoms with E-state index in [-0.39, 0.29) is 5.41 Å². The van der Waals surface area contributed by atoms with Crippen LogP contribution in [0.4, 0.5) is 11.4 Å². The molecule has 2 heteroatoms. The lowest BCUT2D eigenvalue weighted by molar-refractivity contribution is -0.660. The Morgan fingerprint density at radius 2 is 1.60 bits per heavy atom. The minimum absolute atomic E-state index is 0.0196. The number of nitrogens with zero attached hydrogens (tertiary/aromatic N) is 2. The summed E-state index contributed by atoms with van der Waals surface area (Å²) in [5, 5.41) is 0. The van der Waals surface area contributed by atoms with Crippen molar-refractivity contribution in [2.75, 3.05) is 11.9 Å². The van der Waals surface area contributed by atoms with Gasteiger partial charge in [-0.25, -0.2) is 4.57 Å². The molecule has 3 aromatic rings. The van der Waals surface area contributed by atoms with Crippen molar-refractivity contribution in [1.29, 1.82) is 0 Å². The molecule has 2 aromatic carbocycles. The van der Waals surface area contributed by atoms with Gasteiger partial charge in [-0.15, -0.1) is 0 Å². The Kier molecular flexibility index (Phi) is 3.47. The molecule has 0 saturated heterocycles. The molecule has 2 heterocycles. The van der Waals surface area contributed by atoms with E-state index in [9.17, 15) is 0 Å². The average molecular weight is 329 g/mol. The molecular weight excluding hydrogens is 304 g/mol. The largest absolute Gasteiger partial charge is 0.344 e. The Balaban J connectivity index is 1.99. The molecule has 0 bridgehead atoms. The molecule has 0 aliphatic carbocycles. The monoisotopic (exact) mass is 329 g/mol. The van der Waals surface area contributed by atoms with Gasteiger partial charge >= 0.3 is 0 Å². The highest BCUT2D eigenvalue weighted by Gasteiger charge is 2.35. The van der Waals surface area contributed by atoms with Gasteiger partial charge in [-0.05, 0) is 47.9 Å². The lowest BCUT2D eigenvalue weighted by Crippen LogP contribution is -2.32. The summed E-state index contributed by atoms with van der Waals surface area (Å²) in [7, 11) is 4.29. The second-order valence-electron chi connectivity index (χ2n) is 7.58. The van der Waals surface area contributed by atoms with Crippen LogP contribution in [0.25, 0.3) is 11.3 Å². The molecule has 0 amide bonds. The molecule has 2 nitrogen and oxygen atoms in total. The maximum absolute atomic E-state index is 2.40. The molecular formula is C23H25N2+. The number of para-hydroxylation sites is 1. The highest BCUT2D eigenvalue weighted by Crippen LogP contribution is 2.49. The molecule has 1 aliphatic rings. The fourth-order valence-corrected chi connectivity index (χ4v) is 4.12. The van der Waals surface area contributed by atoms with Crippen LogP contribution in [-0.2, 0) is 12.5 Å². The number of anilines is 2. The van der Waals surface area contributed by atoms with Crippen molar-refractivity contribution in [2.24, 2.45) is 7.05 Å². The van der Waals surface area contributed by atoms with Gasteiger partial charge in [0.2, 0.25) is 5.69 Å². The highest BCUT2D eigenvalue weighted by molar-refractivity contribution is 5.81. The van der Waals surface area contributed by atoms with E-state index in [1.807, 2.05) is 0 Å². The van der Waals surface area contributed by atoms with Crippen LogP contribution >= 0.6 is 0 Å². The summed E-state index contributed by atoms with van der Waals surface area (Å²) < 4.78 is 2.20. The van der Waals surface area contributed by atoms with Gasteiger partial charge < -0.3 is 4.90 Å². The molecule has 4 rings (SSSR count). The molecule has 0 radical (unpaired) electrons. The van der Waals surface area contributed by atoms with Crippen LogP contribution < -0.4 is 9.47 Å². The summed E-state index contributed by atoms with van der Waals surface area (Å²) in [5.74, 6) is 0. The number of hydrogen-bond donors (Lipinski definition) is 0. The standard InChI is InChI=1S/C23H25N2/c1-16-14-22-19(15-17(16)20-11-8-9-13-24(20)4)23(2,3)18-10-6-7-12-21(18)25(22)5/h6-15H,1-5H3/q+1. The summed E-state index contributed by atoms with van der Waals surface area (Å²) in [6.45, 7) is 6.88. The zero-order chi connectivity index (χ0) is 17.8. The molecule has 25 heavy (non-hydrogen) atoms. The SMILES string of the molecule is Cc1cc2c(cc1-c1cccc[n+]1C)C(C)(C)c1ccccc1N2C. The van der Waals surface area contributed by atoms with Crippen molar-refractivity contribution in [3.8, 4) is 11.3 Å². The fourth-order valence-electron chi connectivity index (χ4n) is 4.12. The second kappa shape index (κ2) is 5.45. The number of fused-ring (bicyclic) bond motifs is 2. The number of rotatable bonds is 1. The Bertz CT molecular complexity index is 970.